The molecule has 0 bridgehead atoms. The number of sulfonamides is 1. The Bertz CT molecular complexity index is 566. The van der Waals surface area contributed by atoms with Crippen molar-refractivity contribution < 1.29 is 8.42 Å². The molecule has 6 heteroatoms. The van der Waals surface area contributed by atoms with Crippen LogP contribution in [0.25, 0.3) is 0 Å². The van der Waals surface area contributed by atoms with Gasteiger partial charge >= 0.3 is 0 Å². The molecule has 0 unspecified atom stereocenters. The lowest BCUT2D eigenvalue weighted by Gasteiger charge is -2.15. The summed E-state index contributed by atoms with van der Waals surface area (Å²) in [6.07, 6.45) is 3.37. The average molecular weight is 311 g/mol. The molecule has 2 rings (SSSR count). The van der Waals surface area contributed by atoms with Gasteiger partial charge < -0.3 is 10.6 Å². The molecular formula is C15H25N3O2S. The summed E-state index contributed by atoms with van der Waals surface area (Å²) in [5, 5.41) is 0. The van der Waals surface area contributed by atoms with Crippen LogP contribution in [0, 0.1) is 6.92 Å². The Morgan fingerprint density at radius 1 is 1.29 bits per heavy atom. The van der Waals surface area contributed by atoms with E-state index in [9.17, 15) is 8.42 Å². The molecule has 0 saturated carbocycles. The van der Waals surface area contributed by atoms with Gasteiger partial charge in [-0.1, -0.05) is 12.1 Å². The second-order valence-electron chi connectivity index (χ2n) is 5.60. The van der Waals surface area contributed by atoms with Gasteiger partial charge in [0.2, 0.25) is 10.0 Å². The smallest absolute Gasteiger partial charge is 0.240 e. The Kier molecular flexibility index (Phi) is 5.75. The van der Waals surface area contributed by atoms with Gasteiger partial charge in [0, 0.05) is 13.1 Å². The third kappa shape index (κ3) is 4.51. The summed E-state index contributed by atoms with van der Waals surface area (Å²) in [5.74, 6) is 0. The van der Waals surface area contributed by atoms with E-state index in [0.29, 0.717) is 18.0 Å². The van der Waals surface area contributed by atoms with E-state index in [0.717, 1.165) is 37.2 Å². The number of aryl methyl sites for hydroxylation is 1. The van der Waals surface area contributed by atoms with Gasteiger partial charge in [0.1, 0.15) is 0 Å². The highest BCUT2D eigenvalue weighted by molar-refractivity contribution is 7.89. The summed E-state index contributed by atoms with van der Waals surface area (Å²) in [7, 11) is -3.42. The summed E-state index contributed by atoms with van der Waals surface area (Å²) < 4.78 is 27.3. The van der Waals surface area contributed by atoms with Gasteiger partial charge in [-0.25, -0.2) is 13.1 Å². The number of benzene rings is 1. The molecule has 5 nitrogen and oxygen atoms in total. The second-order valence-corrected chi connectivity index (χ2v) is 7.34. The minimum atomic E-state index is -3.42. The van der Waals surface area contributed by atoms with Gasteiger partial charge in [-0.05, 0) is 63.0 Å². The molecule has 0 amide bonds. The van der Waals surface area contributed by atoms with Crippen molar-refractivity contribution in [2.75, 3.05) is 26.2 Å². The Hall–Kier alpha value is -0.950. The van der Waals surface area contributed by atoms with Gasteiger partial charge in [-0.3, -0.25) is 0 Å². The van der Waals surface area contributed by atoms with Crippen LogP contribution in [0.2, 0.25) is 0 Å². The zero-order chi connectivity index (χ0) is 15.3. The fraction of sp³-hybridized carbons (Fsp3) is 0.600. The molecule has 1 aliphatic rings. The van der Waals surface area contributed by atoms with Crippen LogP contribution in [-0.2, 0) is 16.6 Å². The SMILES string of the molecule is Cc1cc(CN)ccc1S(=O)(=O)NCCCN1CCCC1. The third-order valence-electron chi connectivity index (χ3n) is 3.91. The third-order valence-corrected chi connectivity index (χ3v) is 5.53. The maximum atomic E-state index is 12.3. The number of hydrogen-bond acceptors (Lipinski definition) is 4. The fourth-order valence-electron chi connectivity index (χ4n) is 2.73. The van der Waals surface area contributed by atoms with Gasteiger partial charge in [-0.15, -0.1) is 0 Å². The fourth-order valence-corrected chi connectivity index (χ4v) is 4.03. The van der Waals surface area contributed by atoms with Crippen LogP contribution in [0.4, 0.5) is 0 Å². The Morgan fingerprint density at radius 2 is 2.00 bits per heavy atom. The van der Waals surface area contributed by atoms with Gasteiger partial charge in [0.05, 0.1) is 4.90 Å². The first-order chi connectivity index (χ1) is 10.0. The largest absolute Gasteiger partial charge is 0.326 e. The van der Waals surface area contributed by atoms with E-state index in [4.69, 9.17) is 5.73 Å². The van der Waals surface area contributed by atoms with E-state index in [1.807, 2.05) is 6.07 Å². The van der Waals surface area contributed by atoms with Crippen molar-refractivity contribution in [3.63, 3.8) is 0 Å². The van der Waals surface area contributed by atoms with Crippen molar-refractivity contribution in [2.24, 2.45) is 5.73 Å². The number of nitrogens with zero attached hydrogens (tertiary/aromatic N) is 1. The van der Waals surface area contributed by atoms with E-state index >= 15 is 0 Å². The highest BCUT2D eigenvalue weighted by atomic mass is 32.2. The lowest BCUT2D eigenvalue weighted by molar-refractivity contribution is 0.334. The summed E-state index contributed by atoms with van der Waals surface area (Å²) in [5.41, 5.74) is 7.25. The lowest BCUT2D eigenvalue weighted by Crippen LogP contribution is -2.29. The normalized spacial score (nSPS) is 16.5. The Morgan fingerprint density at radius 3 is 2.62 bits per heavy atom. The van der Waals surface area contributed by atoms with Crippen molar-refractivity contribution in [1.29, 1.82) is 0 Å². The van der Waals surface area contributed by atoms with Crippen LogP contribution in [0.3, 0.4) is 0 Å². The van der Waals surface area contributed by atoms with Crippen LogP contribution in [0.5, 0.6) is 0 Å². The molecular weight excluding hydrogens is 286 g/mol. The second kappa shape index (κ2) is 7.35. The molecule has 0 aliphatic carbocycles. The first-order valence-corrected chi connectivity index (χ1v) is 9.03. The molecule has 3 N–H and O–H groups in total. The average Bonchev–Trinajstić information content (AvgIpc) is 2.96. The number of nitrogens with two attached hydrogens (primary N) is 1. The molecule has 0 atom stereocenters. The Labute approximate surface area is 127 Å². The van der Waals surface area contributed by atoms with Crippen LogP contribution >= 0.6 is 0 Å². The van der Waals surface area contributed by atoms with Gasteiger partial charge in [0.25, 0.3) is 0 Å². The molecule has 0 aromatic heterocycles. The van der Waals surface area contributed by atoms with Crippen molar-refractivity contribution in [3.05, 3.63) is 29.3 Å². The molecule has 1 saturated heterocycles. The predicted octanol–water partition coefficient (Wildman–Crippen LogP) is 1.22. The molecule has 1 aromatic carbocycles. The van der Waals surface area contributed by atoms with Crippen molar-refractivity contribution in [3.8, 4) is 0 Å². The Balaban J connectivity index is 1.88. The van der Waals surface area contributed by atoms with E-state index in [-0.39, 0.29) is 0 Å². The zero-order valence-corrected chi connectivity index (χ0v) is 13.5. The topological polar surface area (TPSA) is 75.4 Å². The van der Waals surface area contributed by atoms with Gasteiger partial charge in [-0.2, -0.15) is 0 Å². The summed E-state index contributed by atoms with van der Waals surface area (Å²) >= 11 is 0. The molecule has 1 fully saturated rings. The first-order valence-electron chi connectivity index (χ1n) is 7.54. The van der Waals surface area contributed by atoms with E-state index in [1.165, 1.54) is 12.8 Å². The standard InChI is InChI=1S/C15H25N3O2S/c1-13-11-14(12-16)5-6-15(13)21(19,20)17-7-4-10-18-8-2-3-9-18/h5-6,11,17H,2-4,7-10,12,16H2,1H3. The van der Waals surface area contributed by atoms with Crippen LogP contribution in [0.15, 0.2) is 23.1 Å². The monoisotopic (exact) mass is 311 g/mol. The van der Waals surface area contributed by atoms with Crippen LogP contribution in [0.1, 0.15) is 30.4 Å². The minimum Gasteiger partial charge on any atom is -0.326 e. The van der Waals surface area contributed by atoms with E-state index < -0.39 is 10.0 Å². The molecule has 118 valence electrons. The van der Waals surface area contributed by atoms with Crippen molar-refractivity contribution >= 4 is 10.0 Å². The van der Waals surface area contributed by atoms with Crippen LogP contribution in [-0.4, -0.2) is 39.5 Å². The molecule has 1 aromatic rings. The highest BCUT2D eigenvalue weighted by Crippen LogP contribution is 2.16. The lowest BCUT2D eigenvalue weighted by atomic mass is 10.1. The highest BCUT2D eigenvalue weighted by Gasteiger charge is 2.17. The first kappa shape index (κ1) is 16.4. The molecule has 1 heterocycles. The molecule has 21 heavy (non-hydrogen) atoms. The number of hydrogen-bond donors (Lipinski definition) is 2. The van der Waals surface area contributed by atoms with E-state index in [1.54, 1.807) is 19.1 Å². The molecule has 1 aliphatic heterocycles. The summed E-state index contributed by atoms with van der Waals surface area (Å²) in [6.45, 7) is 5.96. The van der Waals surface area contributed by atoms with E-state index in [2.05, 4.69) is 9.62 Å². The number of likely N-dealkylation sites (tertiary alicyclic amines) is 1. The van der Waals surface area contributed by atoms with Crippen molar-refractivity contribution in [1.82, 2.24) is 9.62 Å². The molecule has 0 radical (unpaired) electrons. The summed E-state index contributed by atoms with van der Waals surface area (Å²) in [6, 6.07) is 5.24. The van der Waals surface area contributed by atoms with Gasteiger partial charge in [0.15, 0.2) is 0 Å². The maximum Gasteiger partial charge on any atom is 0.240 e. The van der Waals surface area contributed by atoms with Crippen molar-refractivity contribution in [2.45, 2.75) is 37.6 Å². The van der Waals surface area contributed by atoms with Crippen LogP contribution < -0.4 is 10.5 Å². The predicted molar refractivity (Wildman–Crippen MR) is 84.5 cm³/mol. The number of nitrogens with one attached hydrogen (secondary N) is 1. The molecule has 0 spiro atoms. The maximum absolute atomic E-state index is 12.3. The quantitative estimate of drug-likeness (QED) is 0.742. The summed E-state index contributed by atoms with van der Waals surface area (Å²) in [4.78, 5) is 2.73. The zero-order valence-electron chi connectivity index (χ0n) is 12.6. The minimum absolute atomic E-state index is 0.348. The number of rotatable bonds is 7.